The number of aromatic nitrogens is 1. The number of hydrogen-bond donors (Lipinski definition) is 2. The maximum absolute atomic E-state index is 5.79. The highest BCUT2D eigenvalue weighted by Crippen LogP contribution is 2.36. The molecule has 0 bridgehead atoms. The number of fused-ring (bicyclic) bond motifs is 1. The molecule has 0 amide bonds. The first-order chi connectivity index (χ1) is 6.83. The predicted molar refractivity (Wildman–Crippen MR) is 58.2 cm³/mol. The van der Waals surface area contributed by atoms with Gasteiger partial charge in [0.25, 0.3) is 0 Å². The first-order valence-corrected chi connectivity index (χ1v) is 5.16. The SMILES string of the molecule is NC1CC(c2cc3ccccc3[nH]2)C1. The van der Waals surface area contributed by atoms with Crippen LogP contribution in [0.2, 0.25) is 0 Å². The summed E-state index contributed by atoms with van der Waals surface area (Å²) in [4.78, 5) is 3.46. The summed E-state index contributed by atoms with van der Waals surface area (Å²) < 4.78 is 0. The lowest BCUT2D eigenvalue weighted by Gasteiger charge is -2.31. The van der Waals surface area contributed by atoms with Gasteiger partial charge in [0.15, 0.2) is 0 Å². The van der Waals surface area contributed by atoms with Gasteiger partial charge in [-0.25, -0.2) is 0 Å². The molecule has 1 aliphatic carbocycles. The maximum atomic E-state index is 5.79. The predicted octanol–water partition coefficient (Wildman–Crippen LogP) is 2.37. The zero-order valence-corrected chi connectivity index (χ0v) is 8.03. The summed E-state index contributed by atoms with van der Waals surface area (Å²) in [5.41, 5.74) is 8.38. The van der Waals surface area contributed by atoms with Gasteiger partial charge in [0.1, 0.15) is 0 Å². The van der Waals surface area contributed by atoms with Crippen molar-refractivity contribution < 1.29 is 0 Å². The summed E-state index contributed by atoms with van der Waals surface area (Å²) in [5, 5.41) is 1.31. The Morgan fingerprint density at radius 2 is 2.00 bits per heavy atom. The number of H-pyrrole nitrogens is 1. The summed E-state index contributed by atoms with van der Waals surface area (Å²) in [6.07, 6.45) is 2.26. The minimum Gasteiger partial charge on any atom is -0.358 e. The van der Waals surface area contributed by atoms with Crippen LogP contribution in [0.4, 0.5) is 0 Å². The second-order valence-electron chi connectivity index (χ2n) is 4.24. The van der Waals surface area contributed by atoms with Crippen molar-refractivity contribution in [2.75, 3.05) is 0 Å². The van der Waals surface area contributed by atoms with Crippen LogP contribution in [0.15, 0.2) is 30.3 Å². The van der Waals surface area contributed by atoms with Gasteiger partial charge in [0, 0.05) is 23.2 Å². The Morgan fingerprint density at radius 1 is 1.21 bits per heavy atom. The van der Waals surface area contributed by atoms with E-state index in [0.29, 0.717) is 12.0 Å². The normalized spacial score (nSPS) is 26.4. The van der Waals surface area contributed by atoms with E-state index in [9.17, 15) is 0 Å². The fraction of sp³-hybridized carbons (Fsp3) is 0.333. The fourth-order valence-corrected chi connectivity index (χ4v) is 2.23. The molecule has 2 aromatic rings. The van der Waals surface area contributed by atoms with Crippen LogP contribution in [0.25, 0.3) is 10.9 Å². The van der Waals surface area contributed by atoms with Crippen LogP contribution in [0.5, 0.6) is 0 Å². The quantitative estimate of drug-likeness (QED) is 0.705. The molecule has 3 N–H and O–H groups in total. The van der Waals surface area contributed by atoms with Crippen molar-refractivity contribution in [3.8, 4) is 0 Å². The van der Waals surface area contributed by atoms with Gasteiger partial charge in [-0.3, -0.25) is 0 Å². The highest BCUT2D eigenvalue weighted by molar-refractivity contribution is 5.80. The minimum atomic E-state index is 0.423. The molecule has 1 heterocycles. The fourth-order valence-electron chi connectivity index (χ4n) is 2.23. The second-order valence-corrected chi connectivity index (χ2v) is 4.24. The molecule has 1 fully saturated rings. The van der Waals surface area contributed by atoms with Crippen LogP contribution in [-0.2, 0) is 0 Å². The van der Waals surface area contributed by atoms with E-state index < -0.39 is 0 Å². The van der Waals surface area contributed by atoms with Crippen molar-refractivity contribution in [1.82, 2.24) is 4.98 Å². The van der Waals surface area contributed by atoms with Gasteiger partial charge in [0.2, 0.25) is 0 Å². The van der Waals surface area contributed by atoms with Gasteiger partial charge in [-0.2, -0.15) is 0 Å². The molecule has 2 heteroatoms. The first kappa shape index (κ1) is 8.06. The van der Waals surface area contributed by atoms with Crippen LogP contribution < -0.4 is 5.73 Å². The van der Waals surface area contributed by atoms with Crippen molar-refractivity contribution in [3.05, 3.63) is 36.0 Å². The highest BCUT2D eigenvalue weighted by Gasteiger charge is 2.28. The molecule has 1 aliphatic rings. The number of hydrogen-bond acceptors (Lipinski definition) is 1. The molecule has 2 nitrogen and oxygen atoms in total. The molecule has 1 saturated carbocycles. The third-order valence-electron chi connectivity index (χ3n) is 3.17. The van der Waals surface area contributed by atoms with Crippen LogP contribution in [0, 0.1) is 0 Å². The number of nitrogens with two attached hydrogens (primary N) is 1. The molecule has 0 saturated heterocycles. The van der Waals surface area contributed by atoms with Crippen molar-refractivity contribution in [2.45, 2.75) is 24.8 Å². The third kappa shape index (κ3) is 1.15. The third-order valence-corrected chi connectivity index (χ3v) is 3.17. The summed E-state index contributed by atoms with van der Waals surface area (Å²) in [6, 6.07) is 11.1. The van der Waals surface area contributed by atoms with Gasteiger partial charge in [0.05, 0.1) is 0 Å². The molecule has 1 aromatic heterocycles. The Hall–Kier alpha value is -1.28. The summed E-state index contributed by atoms with van der Waals surface area (Å²) in [7, 11) is 0. The van der Waals surface area contributed by atoms with E-state index in [1.165, 1.54) is 16.6 Å². The number of rotatable bonds is 1. The highest BCUT2D eigenvalue weighted by atomic mass is 14.8. The van der Waals surface area contributed by atoms with Gasteiger partial charge >= 0.3 is 0 Å². The van der Waals surface area contributed by atoms with Gasteiger partial charge < -0.3 is 10.7 Å². The van der Waals surface area contributed by atoms with E-state index in [-0.39, 0.29) is 0 Å². The lowest BCUT2D eigenvalue weighted by molar-refractivity contribution is 0.346. The van der Waals surface area contributed by atoms with Crippen molar-refractivity contribution in [2.24, 2.45) is 5.73 Å². The Bertz CT molecular complexity index is 419. The molecule has 0 spiro atoms. The number of para-hydroxylation sites is 1. The molecule has 72 valence electrons. The second kappa shape index (κ2) is 2.85. The molecule has 3 rings (SSSR count). The van der Waals surface area contributed by atoms with Crippen LogP contribution in [0.1, 0.15) is 24.5 Å². The smallest absolute Gasteiger partial charge is 0.0456 e. The Morgan fingerprint density at radius 3 is 2.71 bits per heavy atom. The van der Waals surface area contributed by atoms with Crippen LogP contribution in [-0.4, -0.2) is 11.0 Å². The van der Waals surface area contributed by atoms with Crippen LogP contribution >= 0.6 is 0 Å². The van der Waals surface area contributed by atoms with Gasteiger partial charge in [-0.05, 0) is 30.4 Å². The van der Waals surface area contributed by atoms with E-state index in [1.54, 1.807) is 0 Å². The summed E-state index contributed by atoms with van der Waals surface area (Å²) in [6.45, 7) is 0. The molecule has 1 aromatic carbocycles. The Kier molecular flexibility index (Phi) is 1.64. The monoisotopic (exact) mass is 186 g/mol. The lowest BCUT2D eigenvalue weighted by Crippen LogP contribution is -2.34. The van der Waals surface area contributed by atoms with E-state index in [1.807, 2.05) is 0 Å². The zero-order chi connectivity index (χ0) is 9.54. The molecular formula is C12H14N2. The zero-order valence-electron chi connectivity index (χ0n) is 8.03. The van der Waals surface area contributed by atoms with E-state index in [0.717, 1.165) is 12.8 Å². The van der Waals surface area contributed by atoms with Gasteiger partial charge in [-0.15, -0.1) is 0 Å². The topological polar surface area (TPSA) is 41.8 Å². The molecular weight excluding hydrogens is 172 g/mol. The number of benzene rings is 1. The van der Waals surface area contributed by atoms with Crippen LogP contribution in [0.3, 0.4) is 0 Å². The molecule has 0 radical (unpaired) electrons. The average molecular weight is 186 g/mol. The molecule has 0 atom stereocenters. The standard InChI is InChI=1S/C12H14N2/c13-10-5-9(6-10)12-7-8-3-1-2-4-11(8)14-12/h1-4,7,9-10,14H,5-6,13H2. The minimum absolute atomic E-state index is 0.423. The largest absolute Gasteiger partial charge is 0.358 e. The number of nitrogens with one attached hydrogen (secondary N) is 1. The van der Waals surface area contributed by atoms with Gasteiger partial charge in [-0.1, -0.05) is 18.2 Å². The Balaban J connectivity index is 1.99. The first-order valence-electron chi connectivity index (χ1n) is 5.16. The molecule has 14 heavy (non-hydrogen) atoms. The van der Waals surface area contributed by atoms with E-state index in [2.05, 4.69) is 35.3 Å². The van der Waals surface area contributed by atoms with Crippen molar-refractivity contribution in [3.63, 3.8) is 0 Å². The van der Waals surface area contributed by atoms with Crippen molar-refractivity contribution in [1.29, 1.82) is 0 Å². The van der Waals surface area contributed by atoms with Crippen molar-refractivity contribution >= 4 is 10.9 Å². The summed E-state index contributed by atoms with van der Waals surface area (Å²) in [5.74, 6) is 0.664. The lowest BCUT2D eigenvalue weighted by atomic mass is 9.79. The Labute approximate surface area is 83.1 Å². The number of aromatic amines is 1. The van der Waals surface area contributed by atoms with E-state index >= 15 is 0 Å². The molecule has 0 unspecified atom stereocenters. The average Bonchev–Trinajstić information content (AvgIpc) is 2.55. The summed E-state index contributed by atoms with van der Waals surface area (Å²) >= 11 is 0. The van der Waals surface area contributed by atoms with E-state index in [4.69, 9.17) is 5.73 Å². The maximum Gasteiger partial charge on any atom is 0.0456 e. The molecule has 0 aliphatic heterocycles.